The van der Waals surface area contributed by atoms with Crippen LogP contribution in [0.25, 0.3) is 0 Å². The predicted molar refractivity (Wildman–Crippen MR) is 117 cm³/mol. The maximum Gasteiger partial charge on any atom is 0.225 e. The van der Waals surface area contributed by atoms with Gasteiger partial charge in [0.15, 0.2) is 0 Å². The summed E-state index contributed by atoms with van der Waals surface area (Å²) in [5, 5.41) is 0. The molecule has 2 aliphatic heterocycles. The molecule has 1 aromatic rings. The van der Waals surface area contributed by atoms with Crippen LogP contribution in [0.15, 0.2) is 24.3 Å². The van der Waals surface area contributed by atoms with Gasteiger partial charge in [0.2, 0.25) is 11.8 Å². The monoisotopic (exact) mass is 412 g/mol. The topological polar surface area (TPSA) is 49.9 Å². The molecule has 2 heterocycles. The number of piperidine rings is 1. The van der Waals surface area contributed by atoms with Crippen LogP contribution in [-0.4, -0.2) is 61.0 Å². The van der Waals surface area contributed by atoms with E-state index in [-0.39, 0.29) is 17.2 Å². The second-order valence-corrected chi connectivity index (χ2v) is 9.25. The minimum atomic E-state index is 0.122. The number of likely N-dealkylation sites (tertiary alicyclic amines) is 1. The molecule has 5 heteroatoms. The molecule has 0 bridgehead atoms. The molecule has 0 N–H and O–H groups in total. The number of hydrogen-bond acceptors (Lipinski definition) is 3. The number of fused-ring (bicyclic) bond motifs is 2. The summed E-state index contributed by atoms with van der Waals surface area (Å²) in [7, 11) is 0. The quantitative estimate of drug-likeness (QED) is 0.741. The largest absolute Gasteiger partial charge is 0.381 e. The fraction of sp³-hybridized carbons (Fsp3) is 0.680. The van der Waals surface area contributed by atoms with Crippen molar-refractivity contribution >= 4 is 11.8 Å². The van der Waals surface area contributed by atoms with E-state index in [1.807, 2.05) is 4.90 Å². The van der Waals surface area contributed by atoms with E-state index >= 15 is 0 Å². The number of nitrogens with zero attached hydrogens (tertiary/aromatic N) is 2. The zero-order valence-corrected chi connectivity index (χ0v) is 18.6. The van der Waals surface area contributed by atoms with Crippen molar-refractivity contribution in [2.24, 2.45) is 5.92 Å². The lowest BCUT2D eigenvalue weighted by Gasteiger charge is -2.42. The molecule has 1 atom stereocenters. The molecule has 5 nitrogen and oxygen atoms in total. The molecule has 0 unspecified atom stereocenters. The van der Waals surface area contributed by atoms with Crippen LogP contribution in [0.2, 0.25) is 0 Å². The molecule has 0 radical (unpaired) electrons. The van der Waals surface area contributed by atoms with Crippen LogP contribution >= 0.6 is 0 Å². The van der Waals surface area contributed by atoms with E-state index < -0.39 is 0 Å². The first kappa shape index (κ1) is 21.4. The third-order valence-corrected chi connectivity index (χ3v) is 7.75. The van der Waals surface area contributed by atoms with Gasteiger partial charge in [0.05, 0.1) is 0 Å². The lowest BCUT2D eigenvalue weighted by Crippen LogP contribution is -2.47. The summed E-state index contributed by atoms with van der Waals surface area (Å²) in [6.45, 7) is 8.75. The summed E-state index contributed by atoms with van der Waals surface area (Å²) in [5.41, 5.74) is 2.92. The first-order valence-electron chi connectivity index (χ1n) is 11.8. The van der Waals surface area contributed by atoms with Crippen molar-refractivity contribution in [1.29, 1.82) is 0 Å². The third-order valence-electron chi connectivity index (χ3n) is 7.75. The van der Waals surface area contributed by atoms with E-state index in [0.29, 0.717) is 31.5 Å². The lowest BCUT2D eigenvalue weighted by molar-refractivity contribution is -0.140. The van der Waals surface area contributed by atoms with Gasteiger partial charge in [-0.3, -0.25) is 9.59 Å². The van der Waals surface area contributed by atoms with Gasteiger partial charge in [-0.05, 0) is 68.4 Å². The van der Waals surface area contributed by atoms with Gasteiger partial charge in [-0.15, -0.1) is 0 Å². The molecule has 0 saturated carbocycles. The number of hydrogen-bond donors (Lipinski definition) is 0. The van der Waals surface area contributed by atoms with Gasteiger partial charge in [-0.25, -0.2) is 0 Å². The molecular formula is C25H36N2O3. The average molecular weight is 413 g/mol. The lowest BCUT2D eigenvalue weighted by atomic mass is 9.73. The second-order valence-electron chi connectivity index (χ2n) is 9.25. The van der Waals surface area contributed by atoms with Crippen molar-refractivity contribution in [3.8, 4) is 0 Å². The van der Waals surface area contributed by atoms with Crippen molar-refractivity contribution in [3.05, 3.63) is 35.4 Å². The minimum absolute atomic E-state index is 0.122. The normalized spacial score (nSPS) is 23.4. The Balaban J connectivity index is 1.46. The number of ether oxygens (including phenoxy) is 1. The molecule has 0 aromatic heterocycles. The maximum absolute atomic E-state index is 13.0. The molecule has 1 spiro atoms. The predicted octanol–water partition coefficient (Wildman–Crippen LogP) is 3.72. The van der Waals surface area contributed by atoms with Crippen molar-refractivity contribution in [2.45, 2.75) is 63.7 Å². The number of carbonyl (C=O) groups excluding carboxylic acids is 2. The smallest absolute Gasteiger partial charge is 0.225 e. The molecule has 1 aromatic carbocycles. The molecular weight excluding hydrogens is 376 g/mol. The fourth-order valence-corrected chi connectivity index (χ4v) is 5.96. The van der Waals surface area contributed by atoms with Crippen LogP contribution in [-0.2, 0) is 19.7 Å². The Kier molecular flexibility index (Phi) is 6.47. The van der Waals surface area contributed by atoms with Crippen LogP contribution in [0.5, 0.6) is 0 Å². The van der Waals surface area contributed by atoms with E-state index in [1.54, 1.807) is 0 Å². The Hall–Kier alpha value is -1.88. The van der Waals surface area contributed by atoms with Crippen molar-refractivity contribution in [1.82, 2.24) is 9.80 Å². The van der Waals surface area contributed by atoms with Gasteiger partial charge in [0.1, 0.15) is 0 Å². The molecule has 2 amide bonds. The number of carbonyl (C=O) groups is 2. The highest BCUT2D eigenvalue weighted by Gasteiger charge is 2.46. The van der Waals surface area contributed by atoms with Gasteiger partial charge in [0, 0.05) is 51.7 Å². The summed E-state index contributed by atoms with van der Waals surface area (Å²) in [6, 6.07) is 8.74. The van der Waals surface area contributed by atoms with E-state index in [2.05, 4.69) is 43.0 Å². The summed E-state index contributed by atoms with van der Waals surface area (Å²) in [5.74, 6) is 1.03. The van der Waals surface area contributed by atoms with Gasteiger partial charge >= 0.3 is 0 Å². The van der Waals surface area contributed by atoms with Crippen molar-refractivity contribution < 1.29 is 14.3 Å². The van der Waals surface area contributed by atoms with Crippen LogP contribution in [0.4, 0.5) is 0 Å². The molecule has 4 rings (SSSR count). The average Bonchev–Trinajstić information content (AvgIpc) is 3.08. The summed E-state index contributed by atoms with van der Waals surface area (Å²) in [4.78, 5) is 29.8. The first-order chi connectivity index (χ1) is 14.6. The van der Waals surface area contributed by atoms with Crippen LogP contribution in [0, 0.1) is 5.92 Å². The Labute approximate surface area is 180 Å². The highest BCUT2D eigenvalue weighted by atomic mass is 16.5. The molecule has 30 heavy (non-hydrogen) atoms. The molecule has 2 saturated heterocycles. The van der Waals surface area contributed by atoms with E-state index in [0.717, 1.165) is 58.3 Å². The van der Waals surface area contributed by atoms with Crippen LogP contribution in [0.3, 0.4) is 0 Å². The summed E-state index contributed by atoms with van der Waals surface area (Å²) >= 11 is 0. The van der Waals surface area contributed by atoms with Crippen molar-refractivity contribution in [2.75, 3.05) is 39.4 Å². The maximum atomic E-state index is 13.0. The van der Waals surface area contributed by atoms with Crippen LogP contribution in [0.1, 0.15) is 69.4 Å². The van der Waals surface area contributed by atoms with Crippen LogP contribution < -0.4 is 0 Å². The third kappa shape index (κ3) is 4.01. The van der Waals surface area contributed by atoms with E-state index in [4.69, 9.17) is 4.74 Å². The van der Waals surface area contributed by atoms with Gasteiger partial charge in [0.25, 0.3) is 0 Å². The zero-order valence-electron chi connectivity index (χ0n) is 18.6. The minimum Gasteiger partial charge on any atom is -0.381 e. The van der Waals surface area contributed by atoms with E-state index in [1.165, 1.54) is 11.1 Å². The Morgan fingerprint density at radius 2 is 1.77 bits per heavy atom. The van der Waals surface area contributed by atoms with Gasteiger partial charge in [-0.2, -0.15) is 0 Å². The molecule has 164 valence electrons. The molecule has 1 aliphatic carbocycles. The number of rotatable bonds is 5. The SMILES string of the molecule is CCN(CC)C(=O)C[C@H]1CC2(CCN(C(=O)C3CCOCC3)CC2)c2ccccc21. The van der Waals surface area contributed by atoms with Gasteiger partial charge < -0.3 is 14.5 Å². The number of amides is 2. The van der Waals surface area contributed by atoms with E-state index in [9.17, 15) is 9.59 Å². The van der Waals surface area contributed by atoms with Gasteiger partial charge in [-0.1, -0.05) is 24.3 Å². The van der Waals surface area contributed by atoms with Crippen molar-refractivity contribution in [3.63, 3.8) is 0 Å². The highest BCUT2D eigenvalue weighted by Crippen LogP contribution is 2.52. The summed E-state index contributed by atoms with van der Waals surface area (Å²) in [6.07, 6.45) is 5.38. The highest BCUT2D eigenvalue weighted by molar-refractivity contribution is 5.79. The standard InChI is InChI=1S/C25H36N2O3/c1-3-26(4-2)23(28)17-20-18-25(22-8-6-5-7-21(20)22)11-13-27(14-12-25)24(29)19-9-15-30-16-10-19/h5-8,19-20H,3-4,9-18H2,1-2H3/t20-/m0/s1. The second kappa shape index (κ2) is 9.09. The Morgan fingerprint density at radius 3 is 2.43 bits per heavy atom. The summed E-state index contributed by atoms with van der Waals surface area (Å²) < 4.78 is 5.43. The Bertz CT molecular complexity index is 759. The Morgan fingerprint density at radius 1 is 1.10 bits per heavy atom. The number of benzene rings is 1. The zero-order chi connectivity index (χ0) is 21.1. The fourth-order valence-electron chi connectivity index (χ4n) is 5.96. The molecule has 2 fully saturated rings. The molecule has 3 aliphatic rings. The first-order valence-corrected chi connectivity index (χ1v) is 11.8.